The van der Waals surface area contributed by atoms with Gasteiger partial charge in [-0.3, -0.25) is 4.98 Å². The highest BCUT2D eigenvalue weighted by molar-refractivity contribution is 5.87. The third-order valence-electron chi connectivity index (χ3n) is 3.12. The SMILES string of the molecule is Cc1nc(-c2ccc(F)cc2)cc2cc(F)ccc12. The minimum absolute atomic E-state index is 0.275. The molecule has 0 aliphatic rings. The van der Waals surface area contributed by atoms with Crippen molar-refractivity contribution in [2.45, 2.75) is 6.92 Å². The van der Waals surface area contributed by atoms with E-state index in [1.807, 2.05) is 13.0 Å². The number of aromatic nitrogens is 1. The van der Waals surface area contributed by atoms with Gasteiger partial charge in [-0.2, -0.15) is 0 Å². The summed E-state index contributed by atoms with van der Waals surface area (Å²) >= 11 is 0. The van der Waals surface area contributed by atoms with Crippen LogP contribution < -0.4 is 0 Å². The number of fused-ring (bicyclic) bond motifs is 1. The van der Waals surface area contributed by atoms with Gasteiger partial charge in [0.1, 0.15) is 11.6 Å². The van der Waals surface area contributed by atoms with Crippen LogP contribution in [0.4, 0.5) is 8.78 Å². The van der Waals surface area contributed by atoms with Crippen molar-refractivity contribution in [3.63, 3.8) is 0 Å². The van der Waals surface area contributed by atoms with Gasteiger partial charge in [-0.1, -0.05) is 0 Å². The van der Waals surface area contributed by atoms with E-state index < -0.39 is 0 Å². The summed E-state index contributed by atoms with van der Waals surface area (Å²) in [5.74, 6) is -0.560. The third kappa shape index (κ3) is 2.19. The van der Waals surface area contributed by atoms with Crippen LogP contribution in [0.5, 0.6) is 0 Å². The first-order valence-electron chi connectivity index (χ1n) is 5.96. The number of hydrogen-bond donors (Lipinski definition) is 0. The predicted octanol–water partition coefficient (Wildman–Crippen LogP) is 4.49. The lowest BCUT2D eigenvalue weighted by molar-refractivity contribution is 0.628. The Bertz CT molecular complexity index is 749. The van der Waals surface area contributed by atoms with E-state index in [2.05, 4.69) is 4.98 Å². The molecule has 2 aromatic carbocycles. The number of rotatable bonds is 1. The second-order valence-electron chi connectivity index (χ2n) is 4.47. The first-order valence-corrected chi connectivity index (χ1v) is 5.96. The van der Waals surface area contributed by atoms with Crippen LogP contribution in [-0.2, 0) is 0 Å². The van der Waals surface area contributed by atoms with Gasteiger partial charge in [0.25, 0.3) is 0 Å². The number of hydrogen-bond acceptors (Lipinski definition) is 1. The van der Waals surface area contributed by atoms with E-state index in [4.69, 9.17) is 0 Å². The fraction of sp³-hybridized carbons (Fsp3) is 0.0625. The minimum Gasteiger partial charge on any atom is -0.252 e. The maximum absolute atomic E-state index is 13.3. The first-order chi connectivity index (χ1) is 9.13. The molecule has 0 aliphatic heterocycles. The molecular weight excluding hydrogens is 244 g/mol. The van der Waals surface area contributed by atoms with Crippen LogP contribution in [-0.4, -0.2) is 4.98 Å². The molecule has 0 saturated carbocycles. The van der Waals surface area contributed by atoms with Crippen LogP contribution in [0.3, 0.4) is 0 Å². The zero-order valence-electron chi connectivity index (χ0n) is 10.3. The van der Waals surface area contributed by atoms with Crippen LogP contribution in [0, 0.1) is 18.6 Å². The largest absolute Gasteiger partial charge is 0.252 e. The highest BCUT2D eigenvalue weighted by Crippen LogP contribution is 2.25. The van der Waals surface area contributed by atoms with Crippen LogP contribution in [0.25, 0.3) is 22.0 Å². The number of benzene rings is 2. The van der Waals surface area contributed by atoms with Crippen molar-refractivity contribution < 1.29 is 8.78 Å². The second kappa shape index (κ2) is 4.43. The summed E-state index contributed by atoms with van der Waals surface area (Å²) in [6, 6.07) is 12.6. The van der Waals surface area contributed by atoms with Gasteiger partial charge in [-0.15, -0.1) is 0 Å². The Labute approximate surface area is 109 Å². The Balaban J connectivity index is 2.22. The van der Waals surface area contributed by atoms with E-state index in [0.717, 1.165) is 27.7 Å². The predicted molar refractivity (Wildman–Crippen MR) is 71.8 cm³/mol. The Morgan fingerprint density at radius 1 is 0.842 bits per heavy atom. The van der Waals surface area contributed by atoms with Gasteiger partial charge in [-0.25, -0.2) is 8.78 Å². The van der Waals surface area contributed by atoms with Gasteiger partial charge in [-0.05, 0) is 60.8 Å². The van der Waals surface area contributed by atoms with E-state index in [1.165, 1.54) is 24.3 Å². The summed E-state index contributed by atoms with van der Waals surface area (Å²) in [5, 5.41) is 1.72. The van der Waals surface area contributed by atoms with Gasteiger partial charge in [0.15, 0.2) is 0 Å². The van der Waals surface area contributed by atoms with Crippen molar-refractivity contribution in [2.24, 2.45) is 0 Å². The van der Waals surface area contributed by atoms with Gasteiger partial charge in [0.05, 0.1) is 5.69 Å². The lowest BCUT2D eigenvalue weighted by Crippen LogP contribution is -1.90. The summed E-state index contributed by atoms with van der Waals surface area (Å²) in [6.45, 7) is 1.88. The minimum atomic E-state index is -0.285. The molecule has 1 heterocycles. The standard InChI is InChI=1S/C16H11F2N/c1-10-15-7-6-14(18)8-12(15)9-16(19-10)11-2-4-13(17)5-3-11/h2-9H,1H3. The van der Waals surface area contributed by atoms with E-state index in [9.17, 15) is 8.78 Å². The smallest absolute Gasteiger partial charge is 0.123 e. The maximum atomic E-state index is 13.3. The second-order valence-corrected chi connectivity index (χ2v) is 4.47. The molecule has 0 saturated heterocycles. The molecule has 0 unspecified atom stereocenters. The molecule has 0 atom stereocenters. The van der Waals surface area contributed by atoms with Crippen LogP contribution in [0.15, 0.2) is 48.5 Å². The van der Waals surface area contributed by atoms with Crippen molar-refractivity contribution >= 4 is 10.8 Å². The van der Waals surface area contributed by atoms with E-state index >= 15 is 0 Å². The van der Waals surface area contributed by atoms with Gasteiger partial charge in [0.2, 0.25) is 0 Å². The van der Waals surface area contributed by atoms with E-state index in [1.54, 1.807) is 18.2 Å². The average molecular weight is 255 g/mol. The number of pyridine rings is 1. The highest BCUT2D eigenvalue weighted by atomic mass is 19.1. The first kappa shape index (κ1) is 11.8. The Hall–Kier alpha value is -2.29. The molecule has 3 aromatic rings. The lowest BCUT2D eigenvalue weighted by atomic mass is 10.1. The summed E-state index contributed by atoms with van der Waals surface area (Å²) in [4.78, 5) is 4.49. The Morgan fingerprint density at radius 3 is 2.26 bits per heavy atom. The molecule has 1 nitrogen and oxygen atoms in total. The fourth-order valence-corrected chi connectivity index (χ4v) is 2.17. The third-order valence-corrected chi connectivity index (χ3v) is 3.12. The van der Waals surface area contributed by atoms with Gasteiger partial charge < -0.3 is 0 Å². The topological polar surface area (TPSA) is 12.9 Å². The molecule has 0 aliphatic carbocycles. The van der Waals surface area contributed by atoms with Gasteiger partial charge >= 0.3 is 0 Å². The van der Waals surface area contributed by atoms with Crippen LogP contribution in [0.1, 0.15) is 5.69 Å². The Kier molecular flexibility index (Phi) is 2.75. The van der Waals surface area contributed by atoms with E-state index in [0.29, 0.717) is 0 Å². The molecule has 0 amide bonds. The summed E-state index contributed by atoms with van der Waals surface area (Å²) in [6.07, 6.45) is 0. The molecule has 19 heavy (non-hydrogen) atoms. The van der Waals surface area contributed by atoms with Crippen LogP contribution >= 0.6 is 0 Å². The molecule has 0 bridgehead atoms. The van der Waals surface area contributed by atoms with E-state index in [-0.39, 0.29) is 11.6 Å². The molecule has 3 heteroatoms. The number of aryl methyl sites for hydroxylation is 1. The highest BCUT2D eigenvalue weighted by Gasteiger charge is 2.06. The lowest BCUT2D eigenvalue weighted by Gasteiger charge is -2.07. The maximum Gasteiger partial charge on any atom is 0.123 e. The Morgan fingerprint density at radius 2 is 1.53 bits per heavy atom. The quantitative estimate of drug-likeness (QED) is 0.624. The molecule has 1 aromatic heterocycles. The monoisotopic (exact) mass is 255 g/mol. The molecule has 94 valence electrons. The summed E-state index contributed by atoms with van der Waals surface area (Å²) in [7, 11) is 0. The van der Waals surface area contributed by atoms with Crippen molar-refractivity contribution in [1.29, 1.82) is 0 Å². The number of halogens is 2. The van der Waals surface area contributed by atoms with Crippen molar-refractivity contribution in [3.05, 3.63) is 65.9 Å². The molecule has 3 rings (SSSR count). The zero-order chi connectivity index (χ0) is 13.4. The number of nitrogens with zero attached hydrogens (tertiary/aromatic N) is 1. The molecule has 0 fully saturated rings. The molecular formula is C16H11F2N. The van der Waals surface area contributed by atoms with Crippen LogP contribution in [0.2, 0.25) is 0 Å². The molecule has 0 radical (unpaired) electrons. The normalized spacial score (nSPS) is 10.9. The zero-order valence-corrected chi connectivity index (χ0v) is 10.3. The average Bonchev–Trinajstić information content (AvgIpc) is 2.38. The van der Waals surface area contributed by atoms with Crippen molar-refractivity contribution in [2.75, 3.05) is 0 Å². The van der Waals surface area contributed by atoms with Crippen molar-refractivity contribution in [1.82, 2.24) is 4.98 Å². The van der Waals surface area contributed by atoms with Gasteiger partial charge in [0, 0.05) is 16.6 Å². The summed E-state index contributed by atoms with van der Waals surface area (Å²) in [5.41, 5.74) is 2.36. The fourth-order valence-electron chi connectivity index (χ4n) is 2.17. The molecule has 0 N–H and O–H groups in total. The van der Waals surface area contributed by atoms with Crippen molar-refractivity contribution in [3.8, 4) is 11.3 Å². The molecule has 0 spiro atoms. The summed E-state index contributed by atoms with van der Waals surface area (Å²) < 4.78 is 26.2.